The van der Waals surface area contributed by atoms with Crippen LogP contribution in [0, 0.1) is 13.8 Å². The summed E-state index contributed by atoms with van der Waals surface area (Å²) in [7, 11) is 0. The second-order valence-corrected chi connectivity index (χ2v) is 5.52. The fourth-order valence-corrected chi connectivity index (χ4v) is 2.26. The lowest BCUT2D eigenvalue weighted by Gasteiger charge is -2.13. The molecule has 0 aromatic heterocycles. The minimum atomic E-state index is -1.40. The molecule has 5 nitrogen and oxygen atoms in total. The smallest absolute Gasteiger partial charge is 0.262 e. The maximum absolute atomic E-state index is 12.0. The molecule has 0 saturated heterocycles. The summed E-state index contributed by atoms with van der Waals surface area (Å²) < 4.78 is 5.45. The van der Waals surface area contributed by atoms with Gasteiger partial charge >= 0.3 is 0 Å². The molecule has 0 aliphatic carbocycles. The molecule has 0 bridgehead atoms. The summed E-state index contributed by atoms with van der Waals surface area (Å²) in [6.07, 6.45) is 0. The van der Waals surface area contributed by atoms with E-state index in [0.29, 0.717) is 10.8 Å². The van der Waals surface area contributed by atoms with Crippen molar-refractivity contribution in [2.24, 2.45) is 0 Å². The standard InChI is InChI=1S/C17H16ClNO4/c1-10-3-6-15(11(2)7-10)23-9-16(20)19-14-8-12(18)4-5-13(14)17(21)22/h3-8H,9H2,1-2H3,(H,19,20)(H,21,22)/p-1. The number of hydrogen-bond acceptors (Lipinski definition) is 4. The van der Waals surface area contributed by atoms with E-state index in [1.54, 1.807) is 6.07 Å². The van der Waals surface area contributed by atoms with Gasteiger partial charge in [0.2, 0.25) is 0 Å². The van der Waals surface area contributed by atoms with Crippen LogP contribution in [0.3, 0.4) is 0 Å². The van der Waals surface area contributed by atoms with E-state index in [9.17, 15) is 14.7 Å². The number of nitrogens with one attached hydrogen (secondary N) is 1. The number of carboxylic acid groups (broad SMARTS) is 1. The lowest BCUT2D eigenvalue weighted by Crippen LogP contribution is -2.26. The normalized spacial score (nSPS) is 10.2. The molecule has 0 aliphatic heterocycles. The first-order chi connectivity index (χ1) is 10.9. The highest BCUT2D eigenvalue weighted by atomic mass is 35.5. The molecule has 0 radical (unpaired) electrons. The quantitative estimate of drug-likeness (QED) is 0.911. The molecular formula is C17H15ClNO4-. The van der Waals surface area contributed by atoms with E-state index in [1.165, 1.54) is 18.2 Å². The van der Waals surface area contributed by atoms with Crippen molar-refractivity contribution < 1.29 is 19.4 Å². The molecule has 0 saturated carbocycles. The van der Waals surface area contributed by atoms with E-state index >= 15 is 0 Å². The Kier molecular flexibility index (Phi) is 5.24. The molecule has 2 rings (SSSR count). The Morgan fingerprint density at radius 2 is 1.91 bits per heavy atom. The number of rotatable bonds is 5. The van der Waals surface area contributed by atoms with Gasteiger partial charge in [-0.1, -0.05) is 29.3 Å². The van der Waals surface area contributed by atoms with Crippen LogP contribution >= 0.6 is 11.6 Å². The summed E-state index contributed by atoms with van der Waals surface area (Å²) >= 11 is 5.82. The van der Waals surface area contributed by atoms with Crippen molar-refractivity contribution in [3.8, 4) is 5.75 Å². The summed E-state index contributed by atoms with van der Waals surface area (Å²) in [5.41, 5.74) is 1.94. The molecule has 2 aromatic carbocycles. The second-order valence-electron chi connectivity index (χ2n) is 5.08. The Labute approximate surface area is 138 Å². The third-order valence-corrected chi connectivity index (χ3v) is 3.40. The van der Waals surface area contributed by atoms with Gasteiger partial charge in [-0.2, -0.15) is 0 Å². The van der Waals surface area contributed by atoms with Gasteiger partial charge < -0.3 is 20.0 Å². The Morgan fingerprint density at radius 1 is 1.17 bits per heavy atom. The van der Waals surface area contributed by atoms with Crippen LogP contribution in [-0.2, 0) is 4.79 Å². The van der Waals surface area contributed by atoms with Crippen LogP contribution in [0.25, 0.3) is 0 Å². The van der Waals surface area contributed by atoms with Crippen LogP contribution in [0.5, 0.6) is 5.75 Å². The van der Waals surface area contributed by atoms with Gasteiger partial charge in [0.25, 0.3) is 5.91 Å². The van der Waals surface area contributed by atoms with Gasteiger partial charge in [-0.05, 0) is 43.7 Å². The maximum Gasteiger partial charge on any atom is 0.262 e. The van der Waals surface area contributed by atoms with Crippen LogP contribution < -0.4 is 15.2 Å². The topological polar surface area (TPSA) is 78.5 Å². The number of halogens is 1. The fraction of sp³-hybridized carbons (Fsp3) is 0.176. The third kappa shape index (κ3) is 4.47. The highest BCUT2D eigenvalue weighted by Crippen LogP contribution is 2.21. The SMILES string of the molecule is Cc1ccc(OCC(=O)Nc2cc(Cl)ccc2C(=O)[O-])c(C)c1. The van der Waals surface area contributed by atoms with Gasteiger partial charge in [-0.15, -0.1) is 0 Å². The first-order valence-corrected chi connectivity index (χ1v) is 7.25. The number of anilines is 1. The third-order valence-electron chi connectivity index (χ3n) is 3.16. The summed E-state index contributed by atoms with van der Waals surface area (Å²) in [6.45, 7) is 3.60. The number of benzene rings is 2. The van der Waals surface area contributed by atoms with Crippen LogP contribution in [0.1, 0.15) is 21.5 Å². The van der Waals surface area contributed by atoms with Crippen LogP contribution in [-0.4, -0.2) is 18.5 Å². The van der Waals surface area contributed by atoms with Gasteiger partial charge in [-0.3, -0.25) is 4.79 Å². The molecule has 0 atom stereocenters. The Morgan fingerprint density at radius 3 is 2.57 bits per heavy atom. The Balaban J connectivity index is 2.05. The molecule has 0 heterocycles. The van der Waals surface area contributed by atoms with E-state index in [2.05, 4.69) is 5.32 Å². The highest BCUT2D eigenvalue weighted by molar-refractivity contribution is 6.31. The minimum absolute atomic E-state index is 0.0757. The Bertz CT molecular complexity index is 758. The zero-order valence-electron chi connectivity index (χ0n) is 12.7. The second kappa shape index (κ2) is 7.15. The predicted molar refractivity (Wildman–Crippen MR) is 85.8 cm³/mol. The monoisotopic (exact) mass is 332 g/mol. The van der Waals surface area contributed by atoms with Gasteiger partial charge in [0, 0.05) is 10.6 Å². The molecule has 1 amide bonds. The lowest BCUT2D eigenvalue weighted by atomic mass is 10.1. The zero-order chi connectivity index (χ0) is 17.0. The molecule has 2 aromatic rings. The van der Waals surface area contributed by atoms with E-state index in [0.717, 1.165) is 11.1 Å². The van der Waals surface area contributed by atoms with Gasteiger partial charge in [0.1, 0.15) is 5.75 Å². The van der Waals surface area contributed by atoms with Crippen molar-refractivity contribution in [2.45, 2.75) is 13.8 Å². The van der Waals surface area contributed by atoms with Gasteiger partial charge in [0.15, 0.2) is 6.61 Å². The number of aromatic carboxylic acids is 1. The lowest BCUT2D eigenvalue weighted by molar-refractivity contribution is -0.254. The molecule has 6 heteroatoms. The number of carbonyl (C=O) groups excluding carboxylic acids is 2. The van der Waals surface area contributed by atoms with Crippen molar-refractivity contribution in [3.63, 3.8) is 0 Å². The maximum atomic E-state index is 12.0. The number of amides is 1. The molecule has 1 N–H and O–H groups in total. The van der Waals surface area contributed by atoms with E-state index in [4.69, 9.17) is 16.3 Å². The first kappa shape index (κ1) is 16.8. The van der Waals surface area contributed by atoms with E-state index in [-0.39, 0.29) is 17.9 Å². The summed E-state index contributed by atoms with van der Waals surface area (Å²) in [6, 6.07) is 9.64. The van der Waals surface area contributed by atoms with Crippen LogP contribution in [0.4, 0.5) is 5.69 Å². The molecule has 0 spiro atoms. The number of hydrogen-bond donors (Lipinski definition) is 1. The minimum Gasteiger partial charge on any atom is -0.545 e. The Hall–Kier alpha value is -2.53. The van der Waals surface area contributed by atoms with Crippen LogP contribution in [0.2, 0.25) is 5.02 Å². The van der Waals surface area contributed by atoms with Crippen molar-refractivity contribution in [1.82, 2.24) is 0 Å². The number of ether oxygens (including phenoxy) is 1. The highest BCUT2D eigenvalue weighted by Gasteiger charge is 2.10. The molecule has 0 unspecified atom stereocenters. The number of carboxylic acids is 1. The average molecular weight is 333 g/mol. The molecule has 0 fully saturated rings. The molecular weight excluding hydrogens is 318 g/mol. The van der Waals surface area contributed by atoms with E-state index < -0.39 is 11.9 Å². The van der Waals surface area contributed by atoms with Crippen molar-refractivity contribution in [2.75, 3.05) is 11.9 Å². The fourth-order valence-electron chi connectivity index (χ4n) is 2.09. The summed E-state index contributed by atoms with van der Waals surface area (Å²) in [4.78, 5) is 23.0. The molecule has 0 aliphatic rings. The molecule has 120 valence electrons. The largest absolute Gasteiger partial charge is 0.545 e. The van der Waals surface area contributed by atoms with Crippen molar-refractivity contribution >= 4 is 29.2 Å². The van der Waals surface area contributed by atoms with Crippen molar-refractivity contribution in [3.05, 3.63) is 58.1 Å². The van der Waals surface area contributed by atoms with Crippen LogP contribution in [0.15, 0.2) is 36.4 Å². The van der Waals surface area contributed by atoms with Gasteiger partial charge in [0.05, 0.1) is 11.7 Å². The summed E-state index contributed by atoms with van der Waals surface area (Å²) in [5, 5.41) is 13.8. The summed E-state index contributed by atoms with van der Waals surface area (Å²) in [5.74, 6) is -1.29. The van der Waals surface area contributed by atoms with Gasteiger partial charge in [-0.25, -0.2) is 0 Å². The van der Waals surface area contributed by atoms with Crippen molar-refractivity contribution in [1.29, 1.82) is 0 Å². The molecule has 23 heavy (non-hydrogen) atoms. The average Bonchev–Trinajstić information content (AvgIpc) is 2.46. The zero-order valence-corrected chi connectivity index (χ0v) is 13.4. The first-order valence-electron chi connectivity index (χ1n) is 6.87. The number of carbonyl (C=O) groups is 2. The van der Waals surface area contributed by atoms with E-state index in [1.807, 2.05) is 26.0 Å². The predicted octanol–water partition coefficient (Wildman–Crippen LogP) is 2.34. The number of aryl methyl sites for hydroxylation is 2.